The van der Waals surface area contributed by atoms with E-state index in [1.165, 1.54) is 6.07 Å². The quantitative estimate of drug-likeness (QED) is 0.851. The van der Waals surface area contributed by atoms with Crippen LogP contribution in [0.5, 0.6) is 0 Å². The van der Waals surface area contributed by atoms with Crippen molar-refractivity contribution in [2.75, 3.05) is 13.1 Å². The second-order valence-corrected chi connectivity index (χ2v) is 6.09. The van der Waals surface area contributed by atoms with Crippen LogP contribution in [0.2, 0.25) is 0 Å². The van der Waals surface area contributed by atoms with E-state index in [-0.39, 0.29) is 29.6 Å². The number of Topliss-reactive ketones (excluding diaryl/α,β-unsaturated/α-hetero) is 1. The SMILES string of the molecule is O=C(c1ccccc1)[C@H]1CCCN(C(=O)CCc2cc(=O)[nH]o2)C1. The first-order valence-electron chi connectivity index (χ1n) is 8.18. The van der Waals surface area contributed by atoms with Crippen molar-refractivity contribution in [3.05, 3.63) is 58.1 Å². The molecule has 0 saturated carbocycles. The standard InChI is InChI=1S/C18H20N2O4/c21-16-11-15(24-19-16)8-9-17(22)20-10-4-7-14(12-20)18(23)13-5-2-1-3-6-13/h1-3,5-6,11,14H,4,7-10,12H2,(H,19,21)/t14-/m0/s1. The topological polar surface area (TPSA) is 83.4 Å². The van der Waals surface area contributed by atoms with E-state index >= 15 is 0 Å². The number of carbonyl (C=O) groups excluding carboxylic acids is 2. The molecule has 126 valence electrons. The number of hydrogen-bond acceptors (Lipinski definition) is 4. The zero-order valence-electron chi connectivity index (χ0n) is 13.4. The Morgan fingerprint density at radius 3 is 2.75 bits per heavy atom. The molecule has 0 unspecified atom stereocenters. The number of benzene rings is 1. The number of hydrogen-bond donors (Lipinski definition) is 1. The molecule has 1 aromatic carbocycles. The number of ketones is 1. The highest BCUT2D eigenvalue weighted by Crippen LogP contribution is 2.21. The van der Waals surface area contributed by atoms with Crippen LogP contribution in [-0.4, -0.2) is 34.8 Å². The van der Waals surface area contributed by atoms with Crippen LogP contribution in [-0.2, 0) is 11.2 Å². The summed E-state index contributed by atoms with van der Waals surface area (Å²) in [4.78, 5) is 37.7. The first-order valence-corrected chi connectivity index (χ1v) is 8.18. The molecule has 1 aliphatic rings. The molecule has 1 amide bonds. The molecule has 1 fully saturated rings. The number of nitrogens with one attached hydrogen (secondary N) is 1. The number of carbonyl (C=O) groups is 2. The Morgan fingerprint density at radius 2 is 2.04 bits per heavy atom. The number of aryl methyl sites for hydroxylation is 1. The number of H-pyrrole nitrogens is 1. The molecule has 6 nitrogen and oxygen atoms in total. The molecule has 6 heteroatoms. The van der Waals surface area contributed by atoms with Crippen LogP contribution in [0.15, 0.2) is 45.7 Å². The second-order valence-electron chi connectivity index (χ2n) is 6.09. The molecule has 0 bridgehead atoms. The molecule has 0 aliphatic carbocycles. The van der Waals surface area contributed by atoms with E-state index in [4.69, 9.17) is 4.52 Å². The highest BCUT2D eigenvalue weighted by atomic mass is 16.5. The molecule has 24 heavy (non-hydrogen) atoms. The van der Waals surface area contributed by atoms with Crippen molar-refractivity contribution >= 4 is 11.7 Å². The molecular weight excluding hydrogens is 308 g/mol. The Balaban J connectivity index is 1.57. The summed E-state index contributed by atoms with van der Waals surface area (Å²) in [6.07, 6.45) is 2.29. The largest absolute Gasteiger partial charge is 0.384 e. The summed E-state index contributed by atoms with van der Waals surface area (Å²) in [7, 11) is 0. The third-order valence-corrected chi connectivity index (χ3v) is 4.36. The third kappa shape index (κ3) is 3.82. The van der Waals surface area contributed by atoms with Gasteiger partial charge >= 0.3 is 0 Å². The summed E-state index contributed by atoms with van der Waals surface area (Å²) in [6.45, 7) is 1.14. The molecule has 0 spiro atoms. The molecular formula is C18H20N2O4. The van der Waals surface area contributed by atoms with E-state index in [1.807, 2.05) is 30.3 Å². The van der Waals surface area contributed by atoms with Gasteiger partial charge in [0.1, 0.15) is 5.76 Å². The molecule has 1 aromatic heterocycles. The zero-order valence-corrected chi connectivity index (χ0v) is 13.4. The Kier molecular flexibility index (Phi) is 4.93. The summed E-state index contributed by atoms with van der Waals surface area (Å²) in [5, 5.41) is 2.21. The number of rotatable bonds is 5. The van der Waals surface area contributed by atoms with Gasteiger partial charge in [-0.2, -0.15) is 5.16 Å². The average molecular weight is 328 g/mol. The summed E-state index contributed by atoms with van der Waals surface area (Å²) < 4.78 is 4.96. The summed E-state index contributed by atoms with van der Waals surface area (Å²) in [5.41, 5.74) is 0.398. The summed E-state index contributed by atoms with van der Waals surface area (Å²) in [6, 6.07) is 10.6. The van der Waals surface area contributed by atoms with Crippen molar-refractivity contribution in [2.45, 2.75) is 25.7 Å². The average Bonchev–Trinajstić information content (AvgIpc) is 3.05. The maximum absolute atomic E-state index is 12.6. The Bertz CT molecular complexity index is 763. The lowest BCUT2D eigenvalue weighted by atomic mass is 9.90. The molecule has 1 aliphatic heterocycles. The Morgan fingerprint density at radius 1 is 1.25 bits per heavy atom. The van der Waals surface area contributed by atoms with Gasteiger partial charge in [0, 0.05) is 43.5 Å². The molecule has 1 atom stereocenters. The maximum atomic E-state index is 12.6. The van der Waals surface area contributed by atoms with Crippen molar-refractivity contribution in [1.82, 2.24) is 10.1 Å². The fourth-order valence-corrected chi connectivity index (χ4v) is 3.09. The fourth-order valence-electron chi connectivity index (χ4n) is 3.09. The Hall–Kier alpha value is -2.63. The highest BCUT2D eigenvalue weighted by Gasteiger charge is 2.28. The van der Waals surface area contributed by atoms with Gasteiger partial charge in [-0.15, -0.1) is 0 Å². The van der Waals surface area contributed by atoms with Gasteiger partial charge in [-0.1, -0.05) is 30.3 Å². The van der Waals surface area contributed by atoms with Gasteiger partial charge in [-0.25, -0.2) is 0 Å². The summed E-state index contributed by atoms with van der Waals surface area (Å²) >= 11 is 0. The van der Waals surface area contributed by atoms with Crippen molar-refractivity contribution in [3.8, 4) is 0 Å². The minimum Gasteiger partial charge on any atom is -0.384 e. The van der Waals surface area contributed by atoms with Gasteiger partial charge in [0.2, 0.25) is 5.91 Å². The molecule has 1 saturated heterocycles. The van der Waals surface area contributed by atoms with Crippen LogP contribution in [0.25, 0.3) is 0 Å². The van der Waals surface area contributed by atoms with E-state index < -0.39 is 0 Å². The molecule has 2 heterocycles. The van der Waals surface area contributed by atoms with Crippen LogP contribution >= 0.6 is 0 Å². The summed E-state index contributed by atoms with van der Waals surface area (Å²) in [5.74, 6) is 0.423. The highest BCUT2D eigenvalue weighted by molar-refractivity contribution is 5.98. The molecule has 1 N–H and O–H groups in total. The van der Waals surface area contributed by atoms with Gasteiger partial charge < -0.3 is 9.42 Å². The van der Waals surface area contributed by atoms with Crippen LogP contribution in [0.1, 0.15) is 35.4 Å². The number of piperidine rings is 1. The predicted molar refractivity (Wildman–Crippen MR) is 87.7 cm³/mol. The van der Waals surface area contributed by atoms with Gasteiger partial charge in [0.25, 0.3) is 5.56 Å². The van der Waals surface area contributed by atoms with Gasteiger partial charge in [0.05, 0.1) is 0 Å². The normalized spacial score (nSPS) is 17.7. The van der Waals surface area contributed by atoms with Crippen molar-refractivity contribution in [1.29, 1.82) is 0 Å². The number of likely N-dealkylation sites (tertiary alicyclic amines) is 1. The van der Waals surface area contributed by atoms with Crippen molar-refractivity contribution in [3.63, 3.8) is 0 Å². The van der Waals surface area contributed by atoms with Crippen molar-refractivity contribution < 1.29 is 14.1 Å². The minimum atomic E-state index is -0.302. The van der Waals surface area contributed by atoms with E-state index in [1.54, 1.807) is 4.90 Å². The Labute approximate surface area is 139 Å². The van der Waals surface area contributed by atoms with Crippen LogP contribution in [0.4, 0.5) is 0 Å². The predicted octanol–water partition coefficient (Wildman–Crippen LogP) is 2.02. The number of aromatic nitrogens is 1. The van der Waals surface area contributed by atoms with Gasteiger partial charge in [0.15, 0.2) is 5.78 Å². The van der Waals surface area contributed by atoms with Crippen LogP contribution < -0.4 is 5.56 Å². The van der Waals surface area contributed by atoms with E-state index in [2.05, 4.69) is 5.16 Å². The molecule has 2 aromatic rings. The van der Waals surface area contributed by atoms with Crippen LogP contribution in [0.3, 0.4) is 0 Å². The second kappa shape index (κ2) is 7.29. The first kappa shape index (κ1) is 16.2. The lowest BCUT2D eigenvalue weighted by Crippen LogP contribution is -2.42. The monoisotopic (exact) mass is 328 g/mol. The smallest absolute Gasteiger partial charge is 0.280 e. The minimum absolute atomic E-state index is 0.00980. The van der Waals surface area contributed by atoms with E-state index in [0.717, 1.165) is 12.8 Å². The fraction of sp³-hybridized carbons (Fsp3) is 0.389. The van der Waals surface area contributed by atoms with Gasteiger partial charge in [-0.05, 0) is 12.8 Å². The number of amides is 1. The zero-order chi connectivity index (χ0) is 16.9. The van der Waals surface area contributed by atoms with Crippen LogP contribution in [0, 0.1) is 5.92 Å². The maximum Gasteiger partial charge on any atom is 0.280 e. The van der Waals surface area contributed by atoms with E-state index in [0.29, 0.717) is 30.8 Å². The molecule has 3 rings (SSSR count). The lowest BCUT2D eigenvalue weighted by Gasteiger charge is -2.32. The van der Waals surface area contributed by atoms with Gasteiger partial charge in [-0.3, -0.25) is 14.4 Å². The third-order valence-electron chi connectivity index (χ3n) is 4.36. The number of aromatic amines is 1. The van der Waals surface area contributed by atoms with Crippen molar-refractivity contribution in [2.24, 2.45) is 5.92 Å². The lowest BCUT2D eigenvalue weighted by molar-refractivity contribution is -0.132. The van der Waals surface area contributed by atoms with E-state index in [9.17, 15) is 14.4 Å². The molecule has 0 radical (unpaired) electrons. The first-order chi connectivity index (χ1) is 11.6. The number of nitrogens with zero attached hydrogens (tertiary/aromatic N) is 1.